The molecule has 6 heteroatoms. The van der Waals surface area contributed by atoms with Gasteiger partial charge in [0.1, 0.15) is 13.2 Å². The van der Waals surface area contributed by atoms with E-state index in [0.29, 0.717) is 19.3 Å². The summed E-state index contributed by atoms with van der Waals surface area (Å²) in [6, 6.07) is 0. The van der Waals surface area contributed by atoms with Gasteiger partial charge in [-0.25, -0.2) is 0 Å². The van der Waals surface area contributed by atoms with Crippen molar-refractivity contribution < 1.29 is 28.6 Å². The molecule has 0 aliphatic heterocycles. The number of hydrogen-bond donors (Lipinski definition) is 0. The molecular formula is C63H100O6. The molecule has 0 aliphatic carbocycles. The Morgan fingerprint density at radius 1 is 0.319 bits per heavy atom. The van der Waals surface area contributed by atoms with Crippen molar-refractivity contribution in [2.75, 3.05) is 13.2 Å². The standard InChI is InChI=1S/C63H100O6/c1-4-7-10-13-16-19-22-25-28-30-31-33-35-38-41-44-47-50-53-56-62(65)68-59-60(58-67-61(64)55-52-49-46-43-40-37-34-27-24-21-18-15-12-9-6-3)69-63(66)57-54-51-48-45-42-39-36-32-29-26-23-20-17-14-11-8-5-2/h7,10,16-21,24-29,31,33,36,38-39,41,45,48,60H,4-6,8-9,11-15,22-23,30,32,34-35,37,40,42-44,46-47,49-59H2,1-3H3/b10-7-,19-16-,20-17-,21-18-,27-24-,28-25-,29-26-,33-31-,39-36-,41-38-,48-45-. The molecule has 0 saturated carbocycles. The largest absolute Gasteiger partial charge is 0.462 e. The van der Waals surface area contributed by atoms with E-state index in [1.54, 1.807) is 0 Å². The fraction of sp³-hybridized carbons (Fsp3) is 0.603. The van der Waals surface area contributed by atoms with Gasteiger partial charge in [0.25, 0.3) is 0 Å². The first-order chi connectivity index (χ1) is 34.0. The van der Waals surface area contributed by atoms with Crippen LogP contribution in [-0.2, 0) is 28.6 Å². The second-order valence-corrected chi connectivity index (χ2v) is 17.8. The lowest BCUT2D eigenvalue weighted by Crippen LogP contribution is -2.30. The number of allylic oxidation sites excluding steroid dienone is 22. The molecule has 0 aromatic carbocycles. The highest BCUT2D eigenvalue weighted by Crippen LogP contribution is 2.12. The molecule has 0 fully saturated rings. The molecule has 0 saturated heterocycles. The van der Waals surface area contributed by atoms with Gasteiger partial charge in [-0.2, -0.15) is 0 Å². The molecule has 0 N–H and O–H groups in total. The molecule has 0 aromatic rings. The number of esters is 3. The zero-order chi connectivity index (χ0) is 50.0. The van der Waals surface area contributed by atoms with Gasteiger partial charge in [-0.15, -0.1) is 0 Å². The summed E-state index contributed by atoms with van der Waals surface area (Å²) in [5, 5.41) is 0. The van der Waals surface area contributed by atoms with Crippen LogP contribution in [0.3, 0.4) is 0 Å². The number of carbonyl (C=O) groups is 3. The normalized spacial score (nSPS) is 13.1. The van der Waals surface area contributed by atoms with Crippen LogP contribution in [0.5, 0.6) is 0 Å². The summed E-state index contributed by atoms with van der Waals surface area (Å²) in [6.07, 6.45) is 78.6. The van der Waals surface area contributed by atoms with Gasteiger partial charge in [0, 0.05) is 19.3 Å². The molecule has 1 unspecified atom stereocenters. The van der Waals surface area contributed by atoms with Crippen molar-refractivity contribution >= 4 is 17.9 Å². The van der Waals surface area contributed by atoms with E-state index in [9.17, 15) is 14.4 Å². The predicted octanol–water partition coefficient (Wildman–Crippen LogP) is 18.6. The van der Waals surface area contributed by atoms with Gasteiger partial charge in [0.05, 0.1) is 0 Å². The Labute approximate surface area is 424 Å². The van der Waals surface area contributed by atoms with Crippen LogP contribution in [0.1, 0.15) is 226 Å². The molecule has 0 aromatic heterocycles. The highest BCUT2D eigenvalue weighted by atomic mass is 16.6. The van der Waals surface area contributed by atoms with Gasteiger partial charge >= 0.3 is 17.9 Å². The lowest BCUT2D eigenvalue weighted by atomic mass is 10.1. The summed E-state index contributed by atoms with van der Waals surface area (Å²) >= 11 is 0. The molecule has 6 nitrogen and oxygen atoms in total. The molecule has 0 aliphatic rings. The van der Waals surface area contributed by atoms with Crippen molar-refractivity contribution in [2.45, 2.75) is 232 Å². The Morgan fingerprint density at radius 2 is 0.623 bits per heavy atom. The van der Waals surface area contributed by atoms with E-state index in [4.69, 9.17) is 14.2 Å². The van der Waals surface area contributed by atoms with Gasteiger partial charge in [-0.3, -0.25) is 14.4 Å². The second-order valence-electron chi connectivity index (χ2n) is 17.8. The smallest absolute Gasteiger partial charge is 0.306 e. The molecule has 0 bridgehead atoms. The zero-order valence-electron chi connectivity index (χ0n) is 44.3. The summed E-state index contributed by atoms with van der Waals surface area (Å²) in [7, 11) is 0. The first-order valence-corrected chi connectivity index (χ1v) is 27.7. The molecule has 0 spiro atoms. The Morgan fingerprint density at radius 3 is 1.03 bits per heavy atom. The average molecular weight is 953 g/mol. The molecule has 388 valence electrons. The van der Waals surface area contributed by atoms with E-state index in [-0.39, 0.29) is 37.5 Å². The fourth-order valence-corrected chi connectivity index (χ4v) is 6.98. The maximum Gasteiger partial charge on any atom is 0.306 e. The number of unbranched alkanes of at least 4 members (excludes halogenated alkanes) is 16. The highest BCUT2D eigenvalue weighted by molar-refractivity contribution is 5.71. The van der Waals surface area contributed by atoms with Crippen LogP contribution in [0, 0.1) is 0 Å². The van der Waals surface area contributed by atoms with Crippen LogP contribution >= 0.6 is 0 Å². The van der Waals surface area contributed by atoms with Crippen LogP contribution in [0.2, 0.25) is 0 Å². The number of ether oxygens (including phenoxy) is 3. The van der Waals surface area contributed by atoms with Crippen molar-refractivity contribution in [2.24, 2.45) is 0 Å². The molecule has 0 heterocycles. The van der Waals surface area contributed by atoms with Gasteiger partial charge in [0.15, 0.2) is 6.10 Å². The summed E-state index contributed by atoms with van der Waals surface area (Å²) in [5.41, 5.74) is 0. The van der Waals surface area contributed by atoms with Crippen LogP contribution in [-0.4, -0.2) is 37.2 Å². The minimum Gasteiger partial charge on any atom is -0.462 e. The molecule has 0 amide bonds. The number of rotatable bonds is 48. The second kappa shape index (κ2) is 56.1. The Bertz CT molecular complexity index is 1510. The van der Waals surface area contributed by atoms with E-state index in [2.05, 4.69) is 154 Å². The number of carbonyl (C=O) groups excluding carboxylic acids is 3. The summed E-state index contributed by atoms with van der Waals surface area (Å²) in [6.45, 7) is 6.37. The Kier molecular flexibility index (Phi) is 52.5. The first kappa shape index (κ1) is 64.5. The van der Waals surface area contributed by atoms with Gasteiger partial charge in [0.2, 0.25) is 0 Å². The SMILES string of the molecule is CC/C=C\C/C=C\C/C=C\C/C=C\C/C=C\CCCCCC(=O)OCC(COC(=O)CCCCCCCC/C=C\C=C/CCCCC)OC(=O)CCC/C=C\C/C=C\C/C=C\C/C=C\CCCCC. The lowest BCUT2D eigenvalue weighted by Gasteiger charge is -2.18. The monoisotopic (exact) mass is 953 g/mol. The van der Waals surface area contributed by atoms with Crippen LogP contribution < -0.4 is 0 Å². The topological polar surface area (TPSA) is 78.9 Å². The van der Waals surface area contributed by atoms with E-state index < -0.39 is 6.10 Å². The maximum atomic E-state index is 12.8. The summed E-state index contributed by atoms with van der Waals surface area (Å²) < 4.78 is 16.8. The predicted molar refractivity (Wildman–Crippen MR) is 297 cm³/mol. The van der Waals surface area contributed by atoms with Gasteiger partial charge in [-0.1, -0.05) is 212 Å². The fourth-order valence-electron chi connectivity index (χ4n) is 6.98. The van der Waals surface area contributed by atoms with Gasteiger partial charge < -0.3 is 14.2 Å². The van der Waals surface area contributed by atoms with E-state index in [1.165, 1.54) is 57.8 Å². The first-order valence-electron chi connectivity index (χ1n) is 27.7. The molecule has 0 rings (SSSR count). The lowest BCUT2D eigenvalue weighted by molar-refractivity contribution is -0.167. The zero-order valence-corrected chi connectivity index (χ0v) is 44.3. The van der Waals surface area contributed by atoms with Crippen molar-refractivity contribution in [1.29, 1.82) is 0 Å². The molecule has 69 heavy (non-hydrogen) atoms. The minimum absolute atomic E-state index is 0.121. The highest BCUT2D eigenvalue weighted by Gasteiger charge is 2.19. The van der Waals surface area contributed by atoms with Crippen LogP contribution in [0.15, 0.2) is 134 Å². The van der Waals surface area contributed by atoms with E-state index in [0.717, 1.165) is 122 Å². The third-order valence-corrected chi connectivity index (χ3v) is 11.1. The van der Waals surface area contributed by atoms with Crippen LogP contribution in [0.25, 0.3) is 0 Å². The number of hydrogen-bond acceptors (Lipinski definition) is 6. The summed E-state index contributed by atoms with van der Waals surface area (Å²) in [4.78, 5) is 38.1. The van der Waals surface area contributed by atoms with Gasteiger partial charge in [-0.05, 0) is 128 Å². The summed E-state index contributed by atoms with van der Waals surface area (Å²) in [5.74, 6) is -1.03. The quantitative estimate of drug-likeness (QED) is 0.0199. The molecule has 1 atom stereocenters. The van der Waals surface area contributed by atoms with E-state index in [1.807, 2.05) is 0 Å². The molecule has 0 radical (unpaired) electrons. The maximum absolute atomic E-state index is 12.8. The third kappa shape index (κ3) is 54.4. The minimum atomic E-state index is -0.831. The van der Waals surface area contributed by atoms with E-state index >= 15 is 0 Å². The average Bonchev–Trinajstić information content (AvgIpc) is 3.35. The third-order valence-electron chi connectivity index (χ3n) is 11.1. The van der Waals surface area contributed by atoms with Crippen molar-refractivity contribution in [3.63, 3.8) is 0 Å². The van der Waals surface area contributed by atoms with Crippen molar-refractivity contribution in [3.05, 3.63) is 134 Å². The molecular weight excluding hydrogens is 853 g/mol. The Balaban J connectivity index is 4.58. The Hall–Kier alpha value is -4.45. The van der Waals surface area contributed by atoms with Crippen LogP contribution in [0.4, 0.5) is 0 Å². The van der Waals surface area contributed by atoms with Crippen molar-refractivity contribution in [3.8, 4) is 0 Å². The van der Waals surface area contributed by atoms with Crippen molar-refractivity contribution in [1.82, 2.24) is 0 Å².